The Kier molecular flexibility index (Phi) is 3.41. The van der Waals surface area contributed by atoms with Gasteiger partial charge in [-0.3, -0.25) is 4.79 Å². The fraction of sp³-hybridized carbons (Fsp3) is 0.667. The summed E-state index contributed by atoms with van der Waals surface area (Å²) in [6.45, 7) is 6.11. The van der Waals surface area contributed by atoms with Gasteiger partial charge in [-0.25, -0.2) is 19.7 Å². The summed E-state index contributed by atoms with van der Waals surface area (Å²) in [6, 6.07) is -0.237. The minimum Gasteiger partial charge on any atom is -0.309 e. The molecule has 1 aliphatic carbocycles. The van der Waals surface area contributed by atoms with Crippen molar-refractivity contribution in [2.75, 3.05) is 4.90 Å². The molecule has 128 valence electrons. The van der Waals surface area contributed by atoms with E-state index in [4.69, 9.17) is 0 Å². The number of urea groups is 1. The highest BCUT2D eigenvalue weighted by atomic mass is 16.2. The highest BCUT2D eigenvalue weighted by Gasteiger charge is 2.56. The van der Waals surface area contributed by atoms with Gasteiger partial charge in [0.25, 0.3) is 5.91 Å². The molecule has 0 spiro atoms. The van der Waals surface area contributed by atoms with Crippen LogP contribution in [-0.4, -0.2) is 38.9 Å². The molecule has 4 rings (SSSR count). The van der Waals surface area contributed by atoms with Crippen LogP contribution in [0.15, 0.2) is 12.4 Å². The van der Waals surface area contributed by atoms with Gasteiger partial charge in [-0.2, -0.15) is 0 Å². The zero-order valence-electron chi connectivity index (χ0n) is 14.5. The van der Waals surface area contributed by atoms with Crippen molar-refractivity contribution in [2.45, 2.75) is 70.4 Å². The van der Waals surface area contributed by atoms with E-state index < -0.39 is 0 Å². The van der Waals surface area contributed by atoms with Crippen molar-refractivity contribution < 1.29 is 9.59 Å². The molecular weight excluding hydrogens is 304 g/mol. The number of carbonyl (C=O) groups excluding carboxylic acids is 2. The standard InChI is InChI=1S/C18H24N4O2/c1-18(2,3)16-19-9-12(10-20-16)21-15(23)14-8-11-6-4-5-7-13(11)22(14)17(21)24/h9-11,13-14H,4-8H2,1-3H3/t11-,13-,14-/m0/s1. The number of fused-ring (bicyclic) bond motifs is 3. The van der Waals surface area contributed by atoms with Gasteiger partial charge < -0.3 is 4.90 Å². The van der Waals surface area contributed by atoms with Crippen LogP contribution in [0.1, 0.15) is 58.7 Å². The largest absolute Gasteiger partial charge is 0.332 e. The molecule has 6 heteroatoms. The van der Waals surface area contributed by atoms with Gasteiger partial charge in [-0.05, 0) is 25.2 Å². The first-order chi connectivity index (χ1) is 11.4. The number of carbonyl (C=O) groups is 2. The lowest BCUT2D eigenvalue weighted by molar-refractivity contribution is -0.119. The Morgan fingerprint density at radius 1 is 1.08 bits per heavy atom. The highest BCUT2D eigenvalue weighted by molar-refractivity contribution is 6.21. The number of rotatable bonds is 1. The fourth-order valence-corrected chi connectivity index (χ4v) is 4.38. The second-order valence-electron chi connectivity index (χ2n) is 8.24. The van der Waals surface area contributed by atoms with Crippen LogP contribution in [0.25, 0.3) is 0 Å². The van der Waals surface area contributed by atoms with Crippen LogP contribution in [0.4, 0.5) is 10.5 Å². The molecule has 0 bridgehead atoms. The van der Waals surface area contributed by atoms with Gasteiger partial charge in [0, 0.05) is 11.5 Å². The summed E-state index contributed by atoms with van der Waals surface area (Å²) < 4.78 is 0. The minimum absolute atomic E-state index is 0.110. The molecule has 3 amide bonds. The van der Waals surface area contributed by atoms with Crippen LogP contribution < -0.4 is 4.90 Å². The van der Waals surface area contributed by atoms with E-state index >= 15 is 0 Å². The minimum atomic E-state index is -0.284. The molecule has 0 radical (unpaired) electrons. The maximum Gasteiger partial charge on any atom is 0.332 e. The van der Waals surface area contributed by atoms with Crippen LogP contribution in [-0.2, 0) is 10.2 Å². The normalized spacial score (nSPS) is 29.9. The Hall–Kier alpha value is -1.98. The van der Waals surface area contributed by atoms with Crippen LogP contribution in [0, 0.1) is 5.92 Å². The van der Waals surface area contributed by atoms with Gasteiger partial charge >= 0.3 is 6.03 Å². The molecule has 24 heavy (non-hydrogen) atoms. The molecule has 3 atom stereocenters. The first-order valence-electron chi connectivity index (χ1n) is 8.87. The van der Waals surface area contributed by atoms with E-state index in [0.717, 1.165) is 25.7 Å². The average molecular weight is 328 g/mol. The molecule has 3 fully saturated rings. The van der Waals surface area contributed by atoms with Gasteiger partial charge in [0.2, 0.25) is 0 Å². The molecule has 2 aliphatic heterocycles. The highest BCUT2D eigenvalue weighted by Crippen LogP contribution is 2.44. The van der Waals surface area contributed by atoms with E-state index in [2.05, 4.69) is 9.97 Å². The van der Waals surface area contributed by atoms with Crippen molar-refractivity contribution in [3.8, 4) is 0 Å². The maximum absolute atomic E-state index is 12.9. The third kappa shape index (κ3) is 2.23. The summed E-state index contributed by atoms with van der Waals surface area (Å²) in [7, 11) is 0. The first kappa shape index (κ1) is 15.5. The number of nitrogens with zero attached hydrogens (tertiary/aromatic N) is 4. The topological polar surface area (TPSA) is 66.4 Å². The molecule has 6 nitrogen and oxygen atoms in total. The zero-order valence-corrected chi connectivity index (χ0v) is 14.5. The fourth-order valence-electron chi connectivity index (χ4n) is 4.38. The van der Waals surface area contributed by atoms with Crippen molar-refractivity contribution in [3.05, 3.63) is 18.2 Å². The van der Waals surface area contributed by atoms with Crippen molar-refractivity contribution in [1.29, 1.82) is 0 Å². The zero-order chi connectivity index (χ0) is 17.1. The Balaban J connectivity index is 1.62. The summed E-state index contributed by atoms with van der Waals surface area (Å²) in [6.07, 6.45) is 8.54. The summed E-state index contributed by atoms with van der Waals surface area (Å²) >= 11 is 0. The average Bonchev–Trinajstić information content (AvgIpc) is 3.04. The number of hydrogen-bond acceptors (Lipinski definition) is 4. The van der Waals surface area contributed by atoms with Gasteiger partial charge in [0.15, 0.2) is 0 Å². The third-order valence-corrected chi connectivity index (χ3v) is 5.57. The Labute approximate surface area is 142 Å². The number of hydrogen-bond donors (Lipinski definition) is 0. The lowest BCUT2D eigenvalue weighted by Crippen LogP contribution is -2.41. The van der Waals surface area contributed by atoms with Crippen LogP contribution >= 0.6 is 0 Å². The SMILES string of the molecule is CC(C)(C)c1ncc(N2C(=O)[C@@H]3C[C@@H]4CCCC[C@@H]4N3C2=O)cn1. The lowest BCUT2D eigenvalue weighted by Gasteiger charge is -2.30. The van der Waals surface area contributed by atoms with Gasteiger partial charge in [-0.15, -0.1) is 0 Å². The summed E-state index contributed by atoms with van der Waals surface area (Å²) in [5.74, 6) is 1.10. The molecule has 1 aromatic rings. The summed E-state index contributed by atoms with van der Waals surface area (Å²) in [5, 5.41) is 0. The van der Waals surface area contributed by atoms with Crippen molar-refractivity contribution in [1.82, 2.24) is 14.9 Å². The number of amides is 3. The molecule has 0 aromatic carbocycles. The van der Waals surface area contributed by atoms with Crippen molar-refractivity contribution in [2.24, 2.45) is 5.92 Å². The van der Waals surface area contributed by atoms with E-state index in [-0.39, 0.29) is 29.4 Å². The maximum atomic E-state index is 12.9. The predicted molar refractivity (Wildman–Crippen MR) is 89.6 cm³/mol. The molecule has 1 aromatic heterocycles. The van der Waals surface area contributed by atoms with Crippen LogP contribution in [0.3, 0.4) is 0 Å². The Morgan fingerprint density at radius 2 is 1.75 bits per heavy atom. The predicted octanol–water partition coefficient (Wildman–Crippen LogP) is 2.87. The third-order valence-electron chi connectivity index (χ3n) is 5.57. The molecule has 3 heterocycles. The Morgan fingerprint density at radius 3 is 2.42 bits per heavy atom. The van der Waals surface area contributed by atoms with Gasteiger partial charge in [0.05, 0.1) is 18.1 Å². The molecule has 0 unspecified atom stereocenters. The van der Waals surface area contributed by atoms with E-state index in [1.165, 1.54) is 11.3 Å². The smallest absolute Gasteiger partial charge is 0.309 e. The molecule has 0 N–H and O–H groups in total. The molecular formula is C18H24N4O2. The van der Waals surface area contributed by atoms with Gasteiger partial charge in [0.1, 0.15) is 11.9 Å². The first-order valence-corrected chi connectivity index (χ1v) is 8.87. The monoisotopic (exact) mass is 328 g/mol. The second kappa shape index (κ2) is 5.26. The van der Waals surface area contributed by atoms with Gasteiger partial charge in [-0.1, -0.05) is 33.6 Å². The van der Waals surface area contributed by atoms with E-state index in [9.17, 15) is 9.59 Å². The van der Waals surface area contributed by atoms with E-state index in [1.807, 2.05) is 25.7 Å². The van der Waals surface area contributed by atoms with Crippen molar-refractivity contribution in [3.63, 3.8) is 0 Å². The summed E-state index contributed by atoms with van der Waals surface area (Å²) in [5.41, 5.74) is 0.326. The molecule has 2 saturated heterocycles. The van der Waals surface area contributed by atoms with Crippen LogP contribution in [0.2, 0.25) is 0 Å². The number of aromatic nitrogens is 2. The number of imide groups is 1. The van der Waals surface area contributed by atoms with E-state index in [0.29, 0.717) is 17.4 Å². The number of anilines is 1. The summed E-state index contributed by atoms with van der Waals surface area (Å²) in [4.78, 5) is 37.6. The Bertz CT molecular complexity index is 679. The quantitative estimate of drug-likeness (QED) is 0.744. The lowest BCUT2D eigenvalue weighted by atomic mass is 9.84. The van der Waals surface area contributed by atoms with E-state index in [1.54, 1.807) is 12.4 Å². The second-order valence-corrected chi connectivity index (χ2v) is 8.24. The molecule has 3 aliphatic rings. The van der Waals surface area contributed by atoms with Crippen molar-refractivity contribution >= 4 is 17.6 Å². The molecule has 1 saturated carbocycles. The van der Waals surface area contributed by atoms with Crippen LogP contribution in [0.5, 0.6) is 0 Å².